The molecule has 1 aromatic carbocycles. The third-order valence-corrected chi connectivity index (χ3v) is 3.70. The molecule has 2 rings (SSSR count). The average molecular weight is 352 g/mol. The molecule has 0 radical (unpaired) electrons. The van der Waals surface area contributed by atoms with E-state index in [4.69, 9.17) is 25.6 Å². The van der Waals surface area contributed by atoms with Crippen LogP contribution in [0.1, 0.15) is 31.1 Å². The zero-order valence-electron chi connectivity index (χ0n) is 14.3. The first-order valence-corrected chi connectivity index (χ1v) is 8.13. The van der Waals surface area contributed by atoms with Crippen molar-refractivity contribution in [2.45, 2.75) is 26.3 Å². The highest BCUT2D eigenvalue weighted by Gasteiger charge is 2.11. The largest absolute Gasteiger partial charge is 0.491 e. The number of hydrogen-bond acceptors (Lipinski definition) is 6. The molecule has 0 aliphatic heterocycles. The van der Waals surface area contributed by atoms with Crippen LogP contribution in [0.25, 0.3) is 12.2 Å². The number of hydrogen-bond donors (Lipinski definition) is 1. The van der Waals surface area contributed by atoms with E-state index < -0.39 is 0 Å². The van der Waals surface area contributed by atoms with Crippen molar-refractivity contribution >= 4 is 23.8 Å². The highest BCUT2D eigenvalue weighted by atomic mass is 35.5. The van der Waals surface area contributed by atoms with E-state index >= 15 is 0 Å². The van der Waals surface area contributed by atoms with Gasteiger partial charge in [-0.3, -0.25) is 0 Å². The summed E-state index contributed by atoms with van der Waals surface area (Å²) in [5.41, 5.74) is 0.854. The lowest BCUT2D eigenvalue weighted by atomic mass is 10.2. The van der Waals surface area contributed by atoms with Crippen LogP contribution < -0.4 is 14.8 Å². The maximum Gasteiger partial charge on any atom is 0.250 e. The summed E-state index contributed by atoms with van der Waals surface area (Å²) in [6.45, 7) is 4.49. The van der Waals surface area contributed by atoms with Crippen LogP contribution in [0.3, 0.4) is 0 Å². The van der Waals surface area contributed by atoms with Gasteiger partial charge >= 0.3 is 0 Å². The molecule has 1 unspecified atom stereocenters. The second-order valence-electron chi connectivity index (χ2n) is 5.24. The first kappa shape index (κ1) is 18.3. The Morgan fingerprint density at radius 3 is 2.83 bits per heavy atom. The molecule has 0 aliphatic carbocycles. The topological polar surface area (TPSA) is 69.4 Å². The zero-order valence-corrected chi connectivity index (χ0v) is 15.1. The quantitative estimate of drug-likeness (QED) is 0.785. The van der Waals surface area contributed by atoms with Crippen molar-refractivity contribution in [1.82, 2.24) is 15.5 Å². The monoisotopic (exact) mass is 351 g/mol. The lowest BCUT2D eigenvalue weighted by Gasteiger charge is -2.11. The molecule has 0 aliphatic rings. The molecule has 0 bridgehead atoms. The van der Waals surface area contributed by atoms with Gasteiger partial charge < -0.3 is 19.3 Å². The van der Waals surface area contributed by atoms with Crippen LogP contribution in [-0.2, 0) is 6.42 Å². The number of aromatic nitrogens is 2. The molecule has 6 nitrogen and oxygen atoms in total. The van der Waals surface area contributed by atoms with E-state index in [9.17, 15) is 0 Å². The van der Waals surface area contributed by atoms with Crippen LogP contribution in [0, 0.1) is 0 Å². The number of benzene rings is 1. The van der Waals surface area contributed by atoms with Crippen molar-refractivity contribution < 1.29 is 14.0 Å². The normalized spacial score (nSPS) is 12.5. The van der Waals surface area contributed by atoms with Gasteiger partial charge in [-0.05, 0) is 44.7 Å². The summed E-state index contributed by atoms with van der Waals surface area (Å²) in [6, 6.07) is 3.93. The predicted molar refractivity (Wildman–Crippen MR) is 94.6 cm³/mol. The minimum absolute atomic E-state index is 0.286. The van der Waals surface area contributed by atoms with Gasteiger partial charge in [-0.15, -0.1) is 0 Å². The molecular formula is C17H22ClN3O3. The Hall–Kier alpha value is -2.05. The van der Waals surface area contributed by atoms with Crippen molar-refractivity contribution in [2.75, 3.05) is 20.8 Å². The molecule has 0 amide bonds. The fraction of sp³-hybridized carbons (Fsp3) is 0.412. The lowest BCUT2D eigenvalue weighted by Crippen LogP contribution is -2.24. The van der Waals surface area contributed by atoms with Gasteiger partial charge in [-0.1, -0.05) is 16.8 Å². The molecule has 1 N–H and O–H groups in total. The fourth-order valence-corrected chi connectivity index (χ4v) is 2.40. The number of halogens is 1. The van der Waals surface area contributed by atoms with E-state index in [2.05, 4.69) is 22.4 Å². The van der Waals surface area contributed by atoms with Gasteiger partial charge in [0.1, 0.15) is 0 Å². The molecular weight excluding hydrogens is 330 g/mol. The summed E-state index contributed by atoms with van der Waals surface area (Å²) in [5, 5.41) is 7.58. The summed E-state index contributed by atoms with van der Waals surface area (Å²) in [5.74, 6) is 2.23. The molecule has 0 fully saturated rings. The van der Waals surface area contributed by atoms with Gasteiger partial charge in [0, 0.05) is 18.5 Å². The second-order valence-corrected chi connectivity index (χ2v) is 5.65. The van der Waals surface area contributed by atoms with Crippen LogP contribution >= 0.6 is 11.6 Å². The lowest BCUT2D eigenvalue weighted by molar-refractivity contribution is 0.311. The van der Waals surface area contributed by atoms with E-state index in [0.717, 1.165) is 5.56 Å². The first-order valence-electron chi connectivity index (χ1n) is 7.75. The molecule has 0 spiro atoms. The number of nitrogens with zero attached hydrogens (tertiary/aromatic N) is 2. The van der Waals surface area contributed by atoms with Gasteiger partial charge in [-0.2, -0.15) is 4.98 Å². The van der Waals surface area contributed by atoms with Crippen LogP contribution in [0.4, 0.5) is 0 Å². The number of rotatable bonds is 8. The van der Waals surface area contributed by atoms with Crippen LogP contribution in [0.2, 0.25) is 5.02 Å². The Labute approximate surface area is 146 Å². The van der Waals surface area contributed by atoms with Gasteiger partial charge in [0.25, 0.3) is 5.89 Å². The van der Waals surface area contributed by atoms with Crippen molar-refractivity contribution in [1.29, 1.82) is 0 Å². The Bertz CT molecular complexity index is 700. The van der Waals surface area contributed by atoms with Crippen LogP contribution in [0.15, 0.2) is 16.7 Å². The summed E-state index contributed by atoms with van der Waals surface area (Å²) in [4.78, 5) is 4.33. The number of likely N-dealkylation sites (N-methyl/N-ethyl adjacent to an activating group) is 1. The number of nitrogens with one attached hydrogen (secondary N) is 1. The Morgan fingerprint density at radius 1 is 1.38 bits per heavy atom. The van der Waals surface area contributed by atoms with Crippen molar-refractivity contribution in [3.63, 3.8) is 0 Å². The van der Waals surface area contributed by atoms with E-state index in [1.54, 1.807) is 19.3 Å². The summed E-state index contributed by atoms with van der Waals surface area (Å²) >= 11 is 6.23. The molecule has 0 saturated heterocycles. The number of methoxy groups -OCH3 is 1. The first-order chi connectivity index (χ1) is 11.6. The van der Waals surface area contributed by atoms with Crippen molar-refractivity contribution in [3.8, 4) is 11.5 Å². The third kappa shape index (κ3) is 4.72. The Morgan fingerprint density at radius 2 is 2.17 bits per heavy atom. The molecule has 0 saturated carbocycles. The van der Waals surface area contributed by atoms with Gasteiger partial charge in [0.15, 0.2) is 17.3 Å². The highest BCUT2D eigenvalue weighted by Crippen LogP contribution is 2.36. The molecule has 1 heterocycles. The molecule has 1 atom stereocenters. The third-order valence-electron chi connectivity index (χ3n) is 3.42. The fourth-order valence-electron chi connectivity index (χ4n) is 2.11. The number of ether oxygens (including phenoxy) is 2. The summed E-state index contributed by atoms with van der Waals surface area (Å²) in [7, 11) is 3.46. The van der Waals surface area contributed by atoms with E-state index in [1.807, 2.05) is 26.1 Å². The Kier molecular flexibility index (Phi) is 6.63. The minimum atomic E-state index is 0.286. The minimum Gasteiger partial charge on any atom is -0.491 e. The van der Waals surface area contributed by atoms with Crippen LogP contribution in [-0.4, -0.2) is 36.9 Å². The van der Waals surface area contributed by atoms with Gasteiger partial charge in [-0.25, -0.2) is 0 Å². The predicted octanol–water partition coefficient (Wildman–Crippen LogP) is 3.45. The molecule has 24 heavy (non-hydrogen) atoms. The van der Waals surface area contributed by atoms with Crippen LogP contribution in [0.5, 0.6) is 11.5 Å². The second kappa shape index (κ2) is 8.70. The Balaban J connectivity index is 2.17. The average Bonchev–Trinajstić information content (AvgIpc) is 3.00. The van der Waals surface area contributed by atoms with Crippen molar-refractivity contribution in [2.24, 2.45) is 0 Å². The highest BCUT2D eigenvalue weighted by molar-refractivity contribution is 6.32. The molecule has 1 aromatic heterocycles. The summed E-state index contributed by atoms with van der Waals surface area (Å²) in [6.07, 6.45) is 4.29. The smallest absolute Gasteiger partial charge is 0.250 e. The maximum atomic E-state index is 6.23. The maximum absolute atomic E-state index is 6.23. The zero-order chi connectivity index (χ0) is 17.5. The summed E-state index contributed by atoms with van der Waals surface area (Å²) < 4.78 is 16.0. The van der Waals surface area contributed by atoms with Crippen molar-refractivity contribution in [3.05, 3.63) is 34.4 Å². The van der Waals surface area contributed by atoms with Gasteiger partial charge in [0.2, 0.25) is 0 Å². The van der Waals surface area contributed by atoms with E-state index in [0.29, 0.717) is 41.3 Å². The standard InChI is InChI=1S/C17H22ClN3O3/c1-5-23-14-10-12(9-13(18)17(14)22-4)6-7-16-20-15(21-24-16)8-11(2)19-3/h6-7,9-11,19H,5,8H2,1-4H3/b7-6+. The molecule has 7 heteroatoms. The van der Waals surface area contributed by atoms with E-state index in [1.165, 1.54) is 0 Å². The molecule has 130 valence electrons. The SMILES string of the molecule is CCOc1cc(/C=C/c2nc(CC(C)NC)no2)cc(Cl)c1OC. The molecule has 2 aromatic rings. The van der Waals surface area contributed by atoms with Gasteiger partial charge in [0.05, 0.1) is 18.7 Å². The van der Waals surface area contributed by atoms with E-state index in [-0.39, 0.29) is 6.04 Å².